The number of benzene rings is 1. The first-order valence-electron chi connectivity index (χ1n) is 7.74. The van der Waals surface area contributed by atoms with Gasteiger partial charge < -0.3 is 9.73 Å². The summed E-state index contributed by atoms with van der Waals surface area (Å²) in [7, 11) is -7.70. The summed E-state index contributed by atoms with van der Waals surface area (Å²) in [6.45, 7) is 1.66. The van der Waals surface area contributed by atoms with Crippen LogP contribution in [0.5, 0.6) is 0 Å². The fraction of sp³-hybridized carbons (Fsp3) is 0.188. The van der Waals surface area contributed by atoms with E-state index in [9.17, 15) is 16.8 Å². The van der Waals surface area contributed by atoms with Gasteiger partial charge in [-0.25, -0.2) is 21.8 Å². The molecule has 0 bridgehead atoms. The average Bonchev–Trinajstić information content (AvgIpc) is 3.30. The number of aromatic nitrogens is 1. The summed E-state index contributed by atoms with van der Waals surface area (Å²) in [4.78, 5) is 3.91. The van der Waals surface area contributed by atoms with Crippen LogP contribution in [0.1, 0.15) is 12.7 Å². The molecule has 2 aromatic heterocycles. The Bertz CT molecular complexity index is 1140. The SMILES string of the molecule is CCS(=O)(=O)c1nc(S(=O)(=O)c2ccc(Cl)cc2)c(NCc2ccco2)s1. The lowest BCUT2D eigenvalue weighted by Gasteiger charge is -2.06. The summed E-state index contributed by atoms with van der Waals surface area (Å²) in [6, 6.07) is 9.00. The first-order chi connectivity index (χ1) is 12.7. The molecule has 0 fully saturated rings. The van der Waals surface area contributed by atoms with Crippen LogP contribution >= 0.6 is 22.9 Å². The largest absolute Gasteiger partial charge is 0.467 e. The van der Waals surface area contributed by atoms with Crippen LogP contribution < -0.4 is 5.32 Å². The second kappa shape index (κ2) is 7.63. The molecule has 0 saturated carbocycles. The fourth-order valence-electron chi connectivity index (χ4n) is 2.14. The Balaban J connectivity index is 2.07. The summed E-state index contributed by atoms with van der Waals surface area (Å²) in [5, 5.41) is 3.09. The molecule has 2 heterocycles. The molecule has 0 unspecified atom stereocenters. The number of furan rings is 1. The topological polar surface area (TPSA) is 106 Å². The highest BCUT2D eigenvalue weighted by atomic mass is 35.5. The molecule has 1 aromatic carbocycles. The quantitative estimate of drug-likeness (QED) is 0.590. The van der Waals surface area contributed by atoms with Crippen LogP contribution in [0.4, 0.5) is 5.00 Å². The highest BCUT2D eigenvalue weighted by Gasteiger charge is 2.30. The van der Waals surface area contributed by atoms with Gasteiger partial charge in [-0.15, -0.1) is 0 Å². The van der Waals surface area contributed by atoms with Gasteiger partial charge in [-0.1, -0.05) is 29.9 Å². The van der Waals surface area contributed by atoms with Crippen molar-refractivity contribution in [3.63, 3.8) is 0 Å². The molecular formula is C16H15ClN2O5S3. The maximum absolute atomic E-state index is 13.0. The van der Waals surface area contributed by atoms with Gasteiger partial charge in [-0.05, 0) is 36.4 Å². The Morgan fingerprint density at radius 3 is 2.44 bits per heavy atom. The summed E-state index contributed by atoms with van der Waals surface area (Å²) in [5.74, 6) is 0.386. The number of anilines is 1. The summed E-state index contributed by atoms with van der Waals surface area (Å²) in [6.07, 6.45) is 1.49. The van der Waals surface area contributed by atoms with E-state index in [1.54, 1.807) is 12.1 Å². The van der Waals surface area contributed by atoms with Gasteiger partial charge in [-0.2, -0.15) is 0 Å². The van der Waals surface area contributed by atoms with Gasteiger partial charge in [0, 0.05) is 5.02 Å². The number of rotatable bonds is 7. The van der Waals surface area contributed by atoms with Crippen molar-refractivity contribution in [2.24, 2.45) is 0 Å². The van der Waals surface area contributed by atoms with Gasteiger partial charge in [0.2, 0.25) is 24.0 Å². The molecule has 144 valence electrons. The molecule has 0 amide bonds. The molecular weight excluding hydrogens is 432 g/mol. The molecule has 11 heteroatoms. The van der Waals surface area contributed by atoms with Crippen LogP contribution in [-0.4, -0.2) is 27.6 Å². The van der Waals surface area contributed by atoms with E-state index >= 15 is 0 Å². The predicted octanol–water partition coefficient (Wildman–Crippen LogP) is 3.63. The van der Waals surface area contributed by atoms with E-state index in [0.29, 0.717) is 10.8 Å². The van der Waals surface area contributed by atoms with Crippen LogP contribution in [0.2, 0.25) is 5.02 Å². The van der Waals surface area contributed by atoms with Crippen LogP contribution in [0, 0.1) is 0 Å². The van der Waals surface area contributed by atoms with Crippen LogP contribution in [0.15, 0.2) is 61.3 Å². The van der Waals surface area contributed by atoms with Gasteiger partial charge in [0.1, 0.15) is 10.8 Å². The minimum absolute atomic E-state index is 0.0290. The number of thiazole rings is 1. The lowest BCUT2D eigenvalue weighted by Crippen LogP contribution is -2.08. The van der Waals surface area contributed by atoms with Crippen molar-refractivity contribution in [2.45, 2.75) is 27.7 Å². The monoisotopic (exact) mass is 446 g/mol. The number of hydrogen-bond acceptors (Lipinski definition) is 8. The maximum Gasteiger partial charge on any atom is 0.226 e. The maximum atomic E-state index is 13.0. The molecule has 27 heavy (non-hydrogen) atoms. The molecule has 0 aliphatic heterocycles. The Labute approximate surface area is 165 Å². The third-order valence-electron chi connectivity index (χ3n) is 3.60. The van der Waals surface area contributed by atoms with E-state index < -0.39 is 19.7 Å². The zero-order chi connectivity index (χ0) is 19.7. The lowest BCUT2D eigenvalue weighted by molar-refractivity contribution is 0.518. The van der Waals surface area contributed by atoms with Crippen molar-refractivity contribution >= 4 is 47.6 Å². The second-order valence-electron chi connectivity index (χ2n) is 5.41. The fourth-order valence-corrected chi connectivity index (χ4v) is 6.26. The number of nitrogens with zero attached hydrogens (tertiary/aromatic N) is 1. The van der Waals surface area contributed by atoms with E-state index in [2.05, 4.69) is 10.3 Å². The summed E-state index contributed by atoms with van der Waals surface area (Å²) < 4.78 is 55.4. The number of halogens is 1. The Kier molecular flexibility index (Phi) is 5.61. The molecule has 0 atom stereocenters. The van der Waals surface area contributed by atoms with Crippen molar-refractivity contribution in [3.8, 4) is 0 Å². The zero-order valence-electron chi connectivity index (χ0n) is 14.0. The minimum Gasteiger partial charge on any atom is -0.467 e. The normalized spacial score (nSPS) is 12.2. The van der Waals surface area contributed by atoms with Gasteiger partial charge in [0.05, 0.1) is 23.5 Å². The molecule has 0 aliphatic carbocycles. The number of sulfone groups is 2. The molecule has 7 nitrogen and oxygen atoms in total. The summed E-state index contributed by atoms with van der Waals surface area (Å²) in [5.41, 5.74) is 0. The molecule has 0 saturated heterocycles. The predicted molar refractivity (Wildman–Crippen MR) is 103 cm³/mol. The summed E-state index contributed by atoms with van der Waals surface area (Å²) >= 11 is 6.60. The Hall–Kier alpha value is -1.88. The number of hydrogen-bond donors (Lipinski definition) is 1. The van der Waals surface area contributed by atoms with E-state index in [1.807, 2.05) is 0 Å². The minimum atomic E-state index is -4.04. The third-order valence-corrected chi connectivity index (χ3v) is 8.89. The van der Waals surface area contributed by atoms with Crippen LogP contribution in [0.3, 0.4) is 0 Å². The second-order valence-corrected chi connectivity index (χ2v) is 11.2. The third kappa shape index (κ3) is 4.18. The number of nitrogens with one attached hydrogen (secondary N) is 1. The lowest BCUT2D eigenvalue weighted by atomic mass is 10.4. The van der Waals surface area contributed by atoms with E-state index in [1.165, 1.54) is 37.5 Å². The van der Waals surface area contributed by atoms with Crippen molar-refractivity contribution in [1.29, 1.82) is 0 Å². The smallest absolute Gasteiger partial charge is 0.226 e. The van der Waals surface area contributed by atoms with Crippen molar-refractivity contribution in [1.82, 2.24) is 4.98 Å². The van der Waals surface area contributed by atoms with Crippen LogP contribution in [-0.2, 0) is 26.2 Å². The first-order valence-corrected chi connectivity index (χ1v) is 12.1. The molecule has 0 aliphatic rings. The van der Waals surface area contributed by atoms with Crippen LogP contribution in [0.25, 0.3) is 0 Å². The highest BCUT2D eigenvalue weighted by molar-refractivity contribution is 7.94. The standard InChI is InChI=1S/C16H15ClN2O5S3/c1-2-26(20,21)16-19-15(14(25-16)18-10-12-4-3-9-24-12)27(22,23)13-7-5-11(17)6-8-13/h3-9,18H,2,10H2,1H3. The zero-order valence-corrected chi connectivity index (χ0v) is 17.3. The molecule has 0 spiro atoms. The molecule has 1 N–H and O–H groups in total. The average molecular weight is 447 g/mol. The molecule has 3 rings (SSSR count). The van der Waals surface area contributed by atoms with Gasteiger partial charge in [0.15, 0.2) is 5.03 Å². The van der Waals surface area contributed by atoms with E-state index in [0.717, 1.165) is 11.3 Å². The van der Waals surface area contributed by atoms with Crippen molar-refractivity contribution in [3.05, 3.63) is 53.4 Å². The van der Waals surface area contributed by atoms with Gasteiger partial charge >= 0.3 is 0 Å². The molecule has 0 radical (unpaired) electrons. The van der Waals surface area contributed by atoms with Crippen molar-refractivity contribution in [2.75, 3.05) is 11.1 Å². The molecule has 3 aromatic rings. The van der Waals surface area contributed by atoms with Gasteiger partial charge in [-0.3, -0.25) is 0 Å². The van der Waals surface area contributed by atoms with Gasteiger partial charge in [0.25, 0.3) is 0 Å². The Morgan fingerprint density at radius 1 is 1.15 bits per heavy atom. The van der Waals surface area contributed by atoms with Crippen molar-refractivity contribution < 1.29 is 21.3 Å². The Morgan fingerprint density at radius 2 is 1.85 bits per heavy atom. The highest BCUT2D eigenvalue weighted by Crippen LogP contribution is 2.35. The van der Waals surface area contributed by atoms with E-state index in [-0.39, 0.29) is 31.6 Å². The van der Waals surface area contributed by atoms with E-state index in [4.69, 9.17) is 16.0 Å². The first kappa shape index (κ1) is 19.9.